The molecule has 0 amide bonds. The van der Waals surface area contributed by atoms with Crippen LogP contribution in [0.1, 0.15) is 42.1 Å². The minimum absolute atomic E-state index is 0.113. The molecule has 2 N–H and O–H groups in total. The number of hydrogen-bond donors (Lipinski definition) is 1. The first-order chi connectivity index (χ1) is 8.79. The number of thiophene rings is 1. The van der Waals surface area contributed by atoms with Gasteiger partial charge in [-0.05, 0) is 41.3 Å². The summed E-state index contributed by atoms with van der Waals surface area (Å²) >= 11 is 5.12. The smallest absolute Gasteiger partial charge is 0.123 e. The summed E-state index contributed by atoms with van der Waals surface area (Å²) in [5.41, 5.74) is 7.15. The van der Waals surface area contributed by atoms with E-state index in [1.165, 1.54) is 17.0 Å². The third-order valence-corrected chi connectivity index (χ3v) is 5.28. The van der Waals surface area contributed by atoms with E-state index in [0.29, 0.717) is 0 Å². The van der Waals surface area contributed by atoms with Gasteiger partial charge < -0.3 is 5.73 Å². The lowest BCUT2D eigenvalue weighted by Gasteiger charge is -2.16. The van der Waals surface area contributed by atoms with Crippen LogP contribution in [-0.4, -0.2) is 0 Å². The average Bonchev–Trinajstić information content (AvgIpc) is 2.80. The summed E-state index contributed by atoms with van der Waals surface area (Å²) in [4.78, 5) is 2.33. The molecule has 0 radical (unpaired) electrons. The Hall–Kier alpha value is -0.710. The van der Waals surface area contributed by atoms with Crippen LogP contribution in [0.15, 0.2) is 34.8 Å². The van der Waals surface area contributed by atoms with Gasteiger partial charge >= 0.3 is 0 Å². The van der Waals surface area contributed by atoms with Gasteiger partial charge in [-0.3, -0.25) is 0 Å². The van der Waals surface area contributed by atoms with Crippen molar-refractivity contribution >= 4 is 27.3 Å². The van der Waals surface area contributed by atoms with E-state index in [9.17, 15) is 4.39 Å². The fraction of sp³-hybridized carbons (Fsp3) is 0.333. The predicted octanol–water partition coefficient (Wildman–Crippen LogP) is 5.00. The van der Waals surface area contributed by atoms with E-state index < -0.39 is 0 Å². The highest BCUT2D eigenvalue weighted by atomic mass is 79.9. The Kier molecular flexibility index (Phi) is 4.14. The Morgan fingerprint density at radius 3 is 2.47 bits per heavy atom. The maximum atomic E-state index is 13.3. The van der Waals surface area contributed by atoms with Crippen molar-refractivity contribution < 1.29 is 4.39 Å². The van der Waals surface area contributed by atoms with Gasteiger partial charge in [-0.15, -0.1) is 11.3 Å². The summed E-state index contributed by atoms with van der Waals surface area (Å²) in [5, 5.41) is 0. The van der Waals surface area contributed by atoms with Crippen LogP contribution in [0.25, 0.3) is 0 Å². The molecule has 0 aliphatic heterocycles. The third-order valence-electron chi connectivity index (χ3n) is 2.97. The number of hydrogen-bond acceptors (Lipinski definition) is 2. The molecule has 0 saturated carbocycles. The highest BCUT2D eigenvalue weighted by Crippen LogP contribution is 2.35. The summed E-state index contributed by atoms with van der Waals surface area (Å²) in [6.45, 7) is 6.52. The molecule has 1 heterocycles. The molecular weight excluding hydrogens is 325 g/mol. The lowest BCUT2D eigenvalue weighted by atomic mass is 9.95. The highest BCUT2D eigenvalue weighted by Gasteiger charge is 2.20. The molecular formula is C15H17BrFNS. The summed E-state index contributed by atoms with van der Waals surface area (Å²) in [6.07, 6.45) is 0. The van der Waals surface area contributed by atoms with Crippen LogP contribution in [0.5, 0.6) is 0 Å². The van der Waals surface area contributed by atoms with Crippen molar-refractivity contribution in [1.29, 1.82) is 0 Å². The first-order valence-electron chi connectivity index (χ1n) is 6.10. The van der Waals surface area contributed by atoms with Crippen molar-refractivity contribution in [2.45, 2.75) is 32.2 Å². The van der Waals surface area contributed by atoms with Crippen LogP contribution in [0, 0.1) is 5.82 Å². The predicted molar refractivity (Wildman–Crippen MR) is 83.1 cm³/mol. The molecule has 19 heavy (non-hydrogen) atoms. The van der Waals surface area contributed by atoms with Crippen molar-refractivity contribution in [2.24, 2.45) is 5.73 Å². The van der Waals surface area contributed by atoms with Crippen molar-refractivity contribution in [3.05, 3.63) is 55.9 Å². The second-order valence-corrected chi connectivity index (χ2v) is 7.57. The standard InChI is InChI=1S/C15H17BrFNS/c1-15(2,3)13-7-6-12(19-13)14(18)10-8-9(17)4-5-11(10)16/h4-8,14H,18H2,1-3H3. The van der Waals surface area contributed by atoms with Crippen LogP contribution in [0.3, 0.4) is 0 Å². The van der Waals surface area contributed by atoms with Crippen molar-refractivity contribution in [1.82, 2.24) is 0 Å². The normalized spacial score (nSPS) is 13.6. The number of nitrogens with two attached hydrogens (primary N) is 1. The molecule has 0 aliphatic rings. The SMILES string of the molecule is CC(C)(C)c1ccc(C(N)c2cc(F)ccc2Br)s1. The number of benzene rings is 1. The van der Waals surface area contributed by atoms with Crippen molar-refractivity contribution in [3.63, 3.8) is 0 Å². The maximum Gasteiger partial charge on any atom is 0.123 e. The lowest BCUT2D eigenvalue weighted by molar-refractivity contribution is 0.604. The number of halogens is 2. The first kappa shape index (κ1) is 14.7. The van der Waals surface area contributed by atoms with E-state index in [-0.39, 0.29) is 17.3 Å². The summed E-state index contributed by atoms with van der Waals surface area (Å²) in [7, 11) is 0. The molecule has 1 nitrogen and oxygen atoms in total. The van der Waals surface area contributed by atoms with Gasteiger partial charge in [0.15, 0.2) is 0 Å². The fourth-order valence-corrected chi connectivity index (χ4v) is 3.41. The molecule has 1 aromatic heterocycles. The largest absolute Gasteiger partial charge is 0.320 e. The maximum absolute atomic E-state index is 13.3. The molecule has 1 aromatic carbocycles. The molecule has 0 aliphatic carbocycles. The Morgan fingerprint density at radius 2 is 1.89 bits per heavy atom. The van der Waals surface area contributed by atoms with Crippen LogP contribution in [0.4, 0.5) is 4.39 Å². The summed E-state index contributed by atoms with van der Waals surface area (Å²) < 4.78 is 14.2. The van der Waals surface area contributed by atoms with Gasteiger partial charge in [0.05, 0.1) is 6.04 Å². The van der Waals surface area contributed by atoms with Crippen LogP contribution in [-0.2, 0) is 5.41 Å². The minimum Gasteiger partial charge on any atom is -0.320 e. The highest BCUT2D eigenvalue weighted by molar-refractivity contribution is 9.10. The molecule has 0 fully saturated rings. The molecule has 1 unspecified atom stereocenters. The molecule has 0 spiro atoms. The third kappa shape index (κ3) is 3.25. The van der Waals surface area contributed by atoms with Crippen LogP contribution >= 0.6 is 27.3 Å². The molecule has 102 valence electrons. The fourth-order valence-electron chi connectivity index (χ4n) is 1.83. The van der Waals surface area contributed by atoms with Crippen molar-refractivity contribution in [2.75, 3.05) is 0 Å². The molecule has 2 aromatic rings. The van der Waals surface area contributed by atoms with E-state index in [1.807, 2.05) is 6.07 Å². The molecule has 0 saturated heterocycles. The Bertz CT molecular complexity index is 586. The average molecular weight is 342 g/mol. The second kappa shape index (κ2) is 5.35. The van der Waals surface area contributed by atoms with Gasteiger partial charge in [0.25, 0.3) is 0 Å². The van der Waals surface area contributed by atoms with E-state index in [0.717, 1.165) is 14.9 Å². The van der Waals surface area contributed by atoms with Crippen LogP contribution < -0.4 is 5.73 Å². The zero-order chi connectivity index (χ0) is 14.2. The summed E-state index contributed by atoms with van der Waals surface area (Å²) in [6, 6.07) is 8.45. The second-order valence-electron chi connectivity index (χ2n) is 5.60. The Labute approximate surface area is 125 Å². The number of rotatable bonds is 2. The zero-order valence-electron chi connectivity index (χ0n) is 11.2. The summed E-state index contributed by atoms with van der Waals surface area (Å²) in [5.74, 6) is -0.263. The molecule has 2 rings (SSSR count). The van der Waals surface area contributed by atoms with E-state index >= 15 is 0 Å². The quantitative estimate of drug-likeness (QED) is 0.817. The monoisotopic (exact) mass is 341 g/mol. The topological polar surface area (TPSA) is 26.0 Å². The van der Waals surface area contributed by atoms with E-state index in [1.54, 1.807) is 17.4 Å². The van der Waals surface area contributed by atoms with Gasteiger partial charge in [0, 0.05) is 14.2 Å². The molecule has 4 heteroatoms. The molecule has 1 atom stereocenters. The zero-order valence-corrected chi connectivity index (χ0v) is 13.6. The van der Waals surface area contributed by atoms with Gasteiger partial charge in [0.2, 0.25) is 0 Å². The lowest BCUT2D eigenvalue weighted by Crippen LogP contribution is -2.11. The Balaban J connectivity index is 2.36. The van der Waals surface area contributed by atoms with Crippen molar-refractivity contribution in [3.8, 4) is 0 Å². The first-order valence-corrected chi connectivity index (χ1v) is 7.71. The molecule has 0 bridgehead atoms. The van der Waals surface area contributed by atoms with E-state index in [4.69, 9.17) is 5.73 Å². The van der Waals surface area contributed by atoms with Crippen LogP contribution in [0.2, 0.25) is 0 Å². The Morgan fingerprint density at radius 1 is 1.21 bits per heavy atom. The van der Waals surface area contributed by atoms with Gasteiger partial charge in [0.1, 0.15) is 5.82 Å². The van der Waals surface area contributed by atoms with Gasteiger partial charge in [-0.25, -0.2) is 4.39 Å². The van der Waals surface area contributed by atoms with E-state index in [2.05, 4.69) is 42.8 Å². The van der Waals surface area contributed by atoms with Gasteiger partial charge in [-0.2, -0.15) is 0 Å². The van der Waals surface area contributed by atoms with Gasteiger partial charge in [-0.1, -0.05) is 36.7 Å². The minimum atomic E-state index is -0.300.